The maximum absolute atomic E-state index is 12.4. The zero-order chi connectivity index (χ0) is 15.7. The van der Waals surface area contributed by atoms with Crippen molar-refractivity contribution in [2.45, 2.75) is 39.0 Å². The maximum atomic E-state index is 12.4. The lowest BCUT2D eigenvalue weighted by molar-refractivity contribution is 0.102. The number of nitrogens with one attached hydrogen (secondary N) is 1. The number of rotatable bonds is 2. The van der Waals surface area contributed by atoms with Gasteiger partial charge in [-0.1, -0.05) is 20.8 Å². The summed E-state index contributed by atoms with van der Waals surface area (Å²) in [4.78, 5) is 16.9. The minimum absolute atomic E-state index is 0.0113. The fraction of sp³-hybridized carbons (Fsp3) is 0.412. The molecule has 4 nitrogen and oxygen atoms in total. The van der Waals surface area contributed by atoms with Crippen molar-refractivity contribution < 1.29 is 9.53 Å². The number of amides is 1. The van der Waals surface area contributed by atoms with Crippen molar-refractivity contribution in [3.8, 4) is 5.75 Å². The van der Waals surface area contributed by atoms with Crippen LogP contribution in [-0.2, 0) is 11.8 Å². The van der Waals surface area contributed by atoms with E-state index in [0.717, 1.165) is 36.5 Å². The van der Waals surface area contributed by atoms with Gasteiger partial charge in [-0.3, -0.25) is 10.1 Å². The monoisotopic (exact) mass is 316 g/mol. The third-order valence-corrected chi connectivity index (χ3v) is 4.42. The quantitative estimate of drug-likeness (QED) is 0.910. The zero-order valence-electron chi connectivity index (χ0n) is 13.1. The van der Waals surface area contributed by atoms with E-state index in [2.05, 4.69) is 31.1 Å². The first-order chi connectivity index (χ1) is 10.4. The molecule has 0 spiro atoms. The zero-order valence-corrected chi connectivity index (χ0v) is 13.9. The molecule has 1 N–H and O–H groups in total. The minimum atomic E-state index is -0.122. The summed E-state index contributed by atoms with van der Waals surface area (Å²) in [7, 11) is 0. The maximum Gasteiger partial charge on any atom is 0.257 e. The molecule has 22 heavy (non-hydrogen) atoms. The number of carbonyl (C=O) groups excluding carboxylic acids is 1. The first-order valence-corrected chi connectivity index (χ1v) is 8.34. The Morgan fingerprint density at radius 2 is 2.18 bits per heavy atom. The third-order valence-electron chi connectivity index (χ3n) is 3.66. The van der Waals surface area contributed by atoms with Gasteiger partial charge in [-0.25, -0.2) is 4.98 Å². The summed E-state index contributed by atoms with van der Waals surface area (Å²) in [5.74, 6) is 0.773. The van der Waals surface area contributed by atoms with Crippen LogP contribution < -0.4 is 10.1 Å². The molecule has 0 unspecified atom stereocenters. The number of nitrogens with zero attached hydrogens (tertiary/aromatic N) is 1. The molecule has 1 aliphatic heterocycles. The molecule has 0 radical (unpaired) electrons. The molecule has 5 heteroatoms. The topological polar surface area (TPSA) is 51.2 Å². The summed E-state index contributed by atoms with van der Waals surface area (Å²) in [5, 5.41) is 5.52. The van der Waals surface area contributed by atoms with E-state index in [1.54, 1.807) is 6.07 Å². The largest absolute Gasteiger partial charge is 0.493 e. The summed E-state index contributed by atoms with van der Waals surface area (Å²) >= 11 is 1.46. The van der Waals surface area contributed by atoms with E-state index < -0.39 is 0 Å². The second-order valence-electron chi connectivity index (χ2n) is 6.52. The number of fused-ring (bicyclic) bond motifs is 1. The summed E-state index contributed by atoms with van der Waals surface area (Å²) in [6.45, 7) is 7.08. The molecule has 0 bridgehead atoms. The van der Waals surface area contributed by atoms with E-state index in [9.17, 15) is 4.79 Å². The van der Waals surface area contributed by atoms with Gasteiger partial charge in [0.1, 0.15) is 5.75 Å². The number of anilines is 1. The van der Waals surface area contributed by atoms with Crippen LogP contribution in [0.25, 0.3) is 0 Å². The van der Waals surface area contributed by atoms with E-state index in [-0.39, 0.29) is 11.3 Å². The van der Waals surface area contributed by atoms with Gasteiger partial charge in [0.15, 0.2) is 5.13 Å². The Morgan fingerprint density at radius 3 is 2.91 bits per heavy atom. The average molecular weight is 316 g/mol. The number of carbonyl (C=O) groups is 1. The average Bonchev–Trinajstić information content (AvgIpc) is 2.95. The van der Waals surface area contributed by atoms with Crippen LogP contribution in [-0.4, -0.2) is 17.5 Å². The van der Waals surface area contributed by atoms with Crippen LogP contribution in [0.2, 0.25) is 0 Å². The van der Waals surface area contributed by atoms with Crippen LogP contribution >= 0.6 is 11.3 Å². The van der Waals surface area contributed by atoms with Crippen molar-refractivity contribution in [3.63, 3.8) is 0 Å². The highest BCUT2D eigenvalue weighted by molar-refractivity contribution is 7.14. The molecule has 0 fully saturated rings. The Labute approximate surface area is 134 Å². The smallest absolute Gasteiger partial charge is 0.257 e. The van der Waals surface area contributed by atoms with Gasteiger partial charge in [-0.2, -0.15) is 0 Å². The van der Waals surface area contributed by atoms with Crippen LogP contribution in [0.1, 0.15) is 48.8 Å². The van der Waals surface area contributed by atoms with E-state index >= 15 is 0 Å². The van der Waals surface area contributed by atoms with Crippen LogP contribution in [0.15, 0.2) is 23.6 Å². The van der Waals surface area contributed by atoms with Gasteiger partial charge in [-0.05, 0) is 36.6 Å². The summed E-state index contributed by atoms with van der Waals surface area (Å²) in [5.41, 5.74) is 2.74. The SMILES string of the molecule is CC(C)(C)c1csc(NC(=O)c2ccc3c(c2)CCCO3)n1. The van der Waals surface area contributed by atoms with E-state index in [1.165, 1.54) is 11.3 Å². The Balaban J connectivity index is 1.76. The summed E-state index contributed by atoms with van der Waals surface area (Å²) in [6.07, 6.45) is 1.96. The van der Waals surface area contributed by atoms with Crippen molar-refractivity contribution in [2.75, 3.05) is 11.9 Å². The van der Waals surface area contributed by atoms with Gasteiger partial charge in [-0.15, -0.1) is 11.3 Å². The lowest BCUT2D eigenvalue weighted by Crippen LogP contribution is -2.15. The Bertz CT molecular complexity index is 701. The van der Waals surface area contributed by atoms with Crippen molar-refractivity contribution in [3.05, 3.63) is 40.4 Å². The number of ether oxygens (including phenoxy) is 1. The fourth-order valence-corrected chi connectivity index (χ4v) is 3.28. The summed E-state index contributed by atoms with van der Waals surface area (Å²) in [6, 6.07) is 5.60. The predicted octanol–water partition coefficient (Wildman–Crippen LogP) is 4.02. The molecule has 1 amide bonds. The van der Waals surface area contributed by atoms with Crippen LogP contribution in [0.4, 0.5) is 5.13 Å². The van der Waals surface area contributed by atoms with Crippen LogP contribution in [0, 0.1) is 0 Å². The van der Waals surface area contributed by atoms with Crippen molar-refractivity contribution in [1.29, 1.82) is 0 Å². The number of hydrogen-bond donors (Lipinski definition) is 1. The van der Waals surface area contributed by atoms with E-state index in [4.69, 9.17) is 4.74 Å². The fourth-order valence-electron chi connectivity index (χ4n) is 2.35. The third kappa shape index (κ3) is 3.14. The molecule has 2 aromatic rings. The lowest BCUT2D eigenvalue weighted by Gasteiger charge is -2.17. The molecule has 0 atom stereocenters. The van der Waals surface area contributed by atoms with Gasteiger partial charge in [0.05, 0.1) is 12.3 Å². The van der Waals surface area contributed by atoms with Crippen molar-refractivity contribution in [1.82, 2.24) is 4.98 Å². The van der Waals surface area contributed by atoms with Gasteiger partial charge in [0, 0.05) is 16.4 Å². The molecule has 0 saturated heterocycles. The predicted molar refractivity (Wildman–Crippen MR) is 89.0 cm³/mol. The Hall–Kier alpha value is -1.88. The van der Waals surface area contributed by atoms with Crippen LogP contribution in [0.5, 0.6) is 5.75 Å². The first kappa shape index (κ1) is 15.0. The Kier molecular flexibility index (Phi) is 3.91. The van der Waals surface area contributed by atoms with E-state index in [1.807, 2.05) is 17.5 Å². The second-order valence-corrected chi connectivity index (χ2v) is 7.37. The van der Waals surface area contributed by atoms with Gasteiger partial charge in [0.2, 0.25) is 0 Å². The molecule has 3 rings (SSSR count). The highest BCUT2D eigenvalue weighted by Gasteiger charge is 2.19. The summed E-state index contributed by atoms with van der Waals surface area (Å²) < 4.78 is 5.58. The number of thiazole rings is 1. The second kappa shape index (κ2) is 5.72. The highest BCUT2D eigenvalue weighted by Crippen LogP contribution is 2.28. The molecule has 116 valence electrons. The number of aromatic nitrogens is 1. The molecule has 2 heterocycles. The van der Waals surface area contributed by atoms with Crippen LogP contribution in [0.3, 0.4) is 0 Å². The normalized spacial score (nSPS) is 14.1. The molecular weight excluding hydrogens is 296 g/mol. The number of hydrogen-bond acceptors (Lipinski definition) is 4. The standard InChI is InChI=1S/C17H20N2O2S/c1-17(2,3)14-10-22-16(18-14)19-15(20)12-6-7-13-11(9-12)5-4-8-21-13/h6-7,9-10H,4-5,8H2,1-3H3,(H,18,19,20). The molecule has 1 aliphatic rings. The van der Waals surface area contributed by atoms with Gasteiger partial charge in [0.25, 0.3) is 5.91 Å². The highest BCUT2D eigenvalue weighted by atomic mass is 32.1. The molecule has 1 aromatic carbocycles. The molecule has 0 aliphatic carbocycles. The Morgan fingerprint density at radius 1 is 1.36 bits per heavy atom. The molecular formula is C17H20N2O2S. The number of aryl methyl sites for hydroxylation is 1. The molecule has 1 aromatic heterocycles. The van der Waals surface area contributed by atoms with Crippen molar-refractivity contribution in [2.24, 2.45) is 0 Å². The minimum Gasteiger partial charge on any atom is -0.493 e. The van der Waals surface area contributed by atoms with E-state index in [0.29, 0.717) is 10.7 Å². The number of benzene rings is 1. The lowest BCUT2D eigenvalue weighted by atomic mass is 9.93. The van der Waals surface area contributed by atoms with Crippen molar-refractivity contribution >= 4 is 22.4 Å². The van der Waals surface area contributed by atoms with Gasteiger partial charge < -0.3 is 4.74 Å². The first-order valence-electron chi connectivity index (χ1n) is 7.46. The van der Waals surface area contributed by atoms with Gasteiger partial charge >= 0.3 is 0 Å². The molecule has 0 saturated carbocycles.